The first kappa shape index (κ1) is 12.7. The minimum atomic E-state index is 0.0759. The Morgan fingerprint density at radius 3 is 2.63 bits per heavy atom. The summed E-state index contributed by atoms with van der Waals surface area (Å²) in [7, 11) is 0. The zero-order chi connectivity index (χ0) is 13.6. The number of carbonyl (C=O) groups excluding carboxylic acids is 1. The minimum Gasteiger partial charge on any atom is -0.337 e. The van der Waals surface area contributed by atoms with Gasteiger partial charge >= 0.3 is 0 Å². The number of carbonyl (C=O) groups is 1. The largest absolute Gasteiger partial charge is 0.337 e. The van der Waals surface area contributed by atoms with E-state index >= 15 is 0 Å². The maximum absolute atomic E-state index is 12.5. The molecule has 0 spiro atoms. The number of aromatic nitrogens is 2. The molecule has 1 fully saturated rings. The molecule has 0 radical (unpaired) electrons. The van der Waals surface area contributed by atoms with Gasteiger partial charge in [-0.05, 0) is 25.2 Å². The van der Waals surface area contributed by atoms with E-state index in [0.717, 1.165) is 18.1 Å². The molecular formula is C14H19N3OS. The van der Waals surface area contributed by atoms with E-state index in [1.165, 1.54) is 11.3 Å². The first-order valence-corrected chi connectivity index (χ1v) is 7.59. The molecule has 0 aromatic carbocycles. The molecule has 0 saturated carbocycles. The van der Waals surface area contributed by atoms with Gasteiger partial charge in [0, 0.05) is 30.4 Å². The number of imidazole rings is 1. The fourth-order valence-electron chi connectivity index (χ4n) is 3.00. The molecule has 3 rings (SSSR count). The van der Waals surface area contributed by atoms with Crippen LogP contribution in [0.4, 0.5) is 0 Å². The van der Waals surface area contributed by atoms with Gasteiger partial charge in [0.05, 0.1) is 0 Å². The van der Waals surface area contributed by atoms with E-state index in [2.05, 4.69) is 25.8 Å². The van der Waals surface area contributed by atoms with Gasteiger partial charge in [0.25, 0.3) is 5.91 Å². The maximum atomic E-state index is 12.5. The third-order valence-electron chi connectivity index (χ3n) is 3.65. The summed E-state index contributed by atoms with van der Waals surface area (Å²) >= 11 is 1.62. The van der Waals surface area contributed by atoms with E-state index in [1.807, 2.05) is 21.7 Å². The Morgan fingerprint density at radius 2 is 2.00 bits per heavy atom. The summed E-state index contributed by atoms with van der Waals surface area (Å²) in [5.41, 5.74) is 0.576. The Morgan fingerprint density at radius 1 is 1.32 bits per heavy atom. The van der Waals surface area contributed by atoms with E-state index in [9.17, 15) is 4.79 Å². The van der Waals surface area contributed by atoms with Crippen molar-refractivity contribution >= 4 is 22.2 Å². The van der Waals surface area contributed by atoms with Gasteiger partial charge in [0.2, 0.25) is 0 Å². The summed E-state index contributed by atoms with van der Waals surface area (Å²) in [4.78, 5) is 21.0. The fraction of sp³-hybridized carbons (Fsp3) is 0.571. The average Bonchev–Trinajstić information content (AvgIpc) is 2.83. The Balaban J connectivity index is 1.84. The van der Waals surface area contributed by atoms with Crippen LogP contribution < -0.4 is 0 Å². The van der Waals surface area contributed by atoms with Crippen LogP contribution in [-0.2, 0) is 0 Å². The molecule has 4 nitrogen and oxygen atoms in total. The molecule has 0 N–H and O–H groups in total. The number of amides is 1. The van der Waals surface area contributed by atoms with Crippen molar-refractivity contribution in [1.29, 1.82) is 0 Å². The lowest BCUT2D eigenvalue weighted by molar-refractivity contribution is 0.0618. The van der Waals surface area contributed by atoms with Crippen LogP contribution in [0.2, 0.25) is 0 Å². The number of piperidine rings is 1. The normalized spacial score (nSPS) is 24.1. The zero-order valence-corrected chi connectivity index (χ0v) is 12.4. The van der Waals surface area contributed by atoms with Crippen molar-refractivity contribution in [2.24, 2.45) is 11.8 Å². The molecule has 1 amide bonds. The Labute approximate surface area is 117 Å². The van der Waals surface area contributed by atoms with Crippen LogP contribution in [0.5, 0.6) is 0 Å². The predicted molar refractivity (Wildman–Crippen MR) is 76.7 cm³/mol. The molecule has 2 atom stereocenters. The summed E-state index contributed by atoms with van der Waals surface area (Å²) in [5, 5.41) is 0. The molecule has 3 heterocycles. The summed E-state index contributed by atoms with van der Waals surface area (Å²) in [6.45, 7) is 8.19. The van der Waals surface area contributed by atoms with Crippen LogP contribution >= 0.6 is 11.3 Å². The number of fused-ring (bicyclic) bond motifs is 1. The van der Waals surface area contributed by atoms with Gasteiger partial charge < -0.3 is 4.90 Å². The summed E-state index contributed by atoms with van der Waals surface area (Å²) in [5.74, 6) is 1.24. The minimum absolute atomic E-state index is 0.0759. The summed E-state index contributed by atoms with van der Waals surface area (Å²) in [6, 6.07) is 0. The molecule has 1 aliphatic heterocycles. The molecule has 102 valence electrons. The molecule has 5 heteroatoms. The quantitative estimate of drug-likeness (QED) is 0.804. The predicted octanol–water partition coefficient (Wildman–Crippen LogP) is 2.82. The Hall–Kier alpha value is -1.36. The number of nitrogens with zero attached hydrogens (tertiary/aromatic N) is 3. The molecule has 2 aromatic rings. The highest BCUT2D eigenvalue weighted by molar-refractivity contribution is 7.17. The van der Waals surface area contributed by atoms with Crippen LogP contribution in [-0.4, -0.2) is 33.3 Å². The molecule has 2 unspecified atom stereocenters. The van der Waals surface area contributed by atoms with Crippen molar-refractivity contribution < 1.29 is 4.79 Å². The van der Waals surface area contributed by atoms with Crippen molar-refractivity contribution in [2.45, 2.75) is 27.2 Å². The third kappa shape index (κ3) is 2.39. The van der Waals surface area contributed by atoms with Crippen molar-refractivity contribution in [3.05, 3.63) is 23.0 Å². The maximum Gasteiger partial charge on any atom is 0.274 e. The first-order chi connectivity index (χ1) is 9.02. The number of hydrogen-bond acceptors (Lipinski definition) is 3. The van der Waals surface area contributed by atoms with Crippen LogP contribution in [0, 0.1) is 18.8 Å². The number of rotatable bonds is 1. The lowest BCUT2D eigenvalue weighted by atomic mass is 9.92. The van der Waals surface area contributed by atoms with Gasteiger partial charge in [-0.15, -0.1) is 11.3 Å². The van der Waals surface area contributed by atoms with Gasteiger partial charge in [-0.1, -0.05) is 13.8 Å². The van der Waals surface area contributed by atoms with Crippen LogP contribution in [0.15, 0.2) is 12.4 Å². The molecular weight excluding hydrogens is 258 g/mol. The zero-order valence-electron chi connectivity index (χ0n) is 11.6. The van der Waals surface area contributed by atoms with Crippen molar-refractivity contribution in [3.8, 4) is 0 Å². The van der Waals surface area contributed by atoms with Crippen molar-refractivity contribution in [1.82, 2.24) is 14.3 Å². The van der Waals surface area contributed by atoms with Gasteiger partial charge in [0.15, 0.2) is 4.96 Å². The first-order valence-electron chi connectivity index (χ1n) is 6.77. The van der Waals surface area contributed by atoms with Crippen LogP contribution in [0.3, 0.4) is 0 Å². The summed E-state index contributed by atoms with van der Waals surface area (Å²) in [6.07, 6.45) is 5.08. The van der Waals surface area contributed by atoms with E-state index in [1.54, 1.807) is 11.3 Å². The average molecular weight is 277 g/mol. The number of hydrogen-bond donors (Lipinski definition) is 0. The highest BCUT2D eigenvalue weighted by Gasteiger charge is 2.27. The number of thiazole rings is 1. The van der Waals surface area contributed by atoms with Gasteiger partial charge in [-0.25, -0.2) is 4.98 Å². The second kappa shape index (κ2) is 4.63. The fourth-order valence-corrected chi connectivity index (χ4v) is 3.81. The standard InChI is InChI=1S/C14H19N3OS/c1-9-4-10(2)6-16(5-9)13(18)12-8-17-7-11(3)19-14(17)15-12/h7-10H,4-6H2,1-3H3. The SMILES string of the molecule is Cc1cn2cc(C(=O)N3CC(C)CC(C)C3)nc2s1. The molecule has 0 bridgehead atoms. The van der Waals surface area contributed by atoms with Crippen molar-refractivity contribution in [3.63, 3.8) is 0 Å². The van der Waals surface area contributed by atoms with E-state index in [4.69, 9.17) is 0 Å². The smallest absolute Gasteiger partial charge is 0.274 e. The van der Waals surface area contributed by atoms with Gasteiger partial charge in [0.1, 0.15) is 5.69 Å². The third-order valence-corrected chi connectivity index (χ3v) is 4.56. The summed E-state index contributed by atoms with van der Waals surface area (Å²) < 4.78 is 1.95. The van der Waals surface area contributed by atoms with Gasteiger partial charge in [-0.2, -0.15) is 0 Å². The molecule has 1 aliphatic rings. The van der Waals surface area contributed by atoms with E-state index in [0.29, 0.717) is 17.5 Å². The van der Waals surface area contributed by atoms with E-state index < -0.39 is 0 Å². The Bertz CT molecular complexity index is 574. The van der Waals surface area contributed by atoms with Crippen molar-refractivity contribution in [2.75, 3.05) is 13.1 Å². The number of aryl methyl sites for hydroxylation is 1. The Kier molecular flexibility index (Phi) is 3.09. The molecule has 1 saturated heterocycles. The molecule has 2 aromatic heterocycles. The second-order valence-electron chi connectivity index (χ2n) is 5.81. The second-order valence-corrected chi connectivity index (χ2v) is 7.03. The van der Waals surface area contributed by atoms with Crippen LogP contribution in [0.25, 0.3) is 4.96 Å². The van der Waals surface area contributed by atoms with Gasteiger partial charge in [-0.3, -0.25) is 9.20 Å². The van der Waals surface area contributed by atoms with E-state index in [-0.39, 0.29) is 5.91 Å². The van der Waals surface area contributed by atoms with Crippen LogP contribution in [0.1, 0.15) is 35.6 Å². The lowest BCUT2D eigenvalue weighted by Crippen LogP contribution is -2.42. The number of likely N-dealkylation sites (tertiary alicyclic amines) is 1. The lowest BCUT2D eigenvalue weighted by Gasteiger charge is -2.34. The monoisotopic (exact) mass is 277 g/mol. The molecule has 0 aliphatic carbocycles. The molecule has 19 heavy (non-hydrogen) atoms. The highest BCUT2D eigenvalue weighted by Crippen LogP contribution is 2.23. The highest BCUT2D eigenvalue weighted by atomic mass is 32.1. The topological polar surface area (TPSA) is 37.6 Å².